The van der Waals surface area contributed by atoms with Crippen molar-refractivity contribution >= 4 is 45.2 Å². The Bertz CT molecular complexity index is 1200. The second-order valence-electron chi connectivity index (χ2n) is 9.02. The summed E-state index contributed by atoms with van der Waals surface area (Å²) in [4.78, 5) is 17.3. The van der Waals surface area contributed by atoms with E-state index in [1.165, 1.54) is 22.7 Å². The molecule has 0 radical (unpaired) electrons. The second-order valence-corrected chi connectivity index (χ2v) is 10.6. The van der Waals surface area contributed by atoms with Crippen LogP contribution in [-0.4, -0.2) is 68.7 Å². The molecule has 0 unspecified atom stereocenters. The molecule has 0 spiro atoms. The van der Waals surface area contributed by atoms with Crippen LogP contribution in [0.3, 0.4) is 0 Å². The number of hydrogen-bond donors (Lipinski definition) is 0. The number of thioether (sulfide) groups is 1. The number of ether oxygens (including phenoxy) is 3. The maximum absolute atomic E-state index is 14.0. The molecule has 3 aliphatic heterocycles. The van der Waals surface area contributed by atoms with E-state index >= 15 is 0 Å². The first-order valence-corrected chi connectivity index (χ1v) is 12.1. The predicted octanol–water partition coefficient (Wildman–Crippen LogP) is 3.50. The molecule has 3 saturated heterocycles. The monoisotopic (exact) mass is 513 g/mol. The highest BCUT2D eigenvalue weighted by Crippen LogP contribution is 2.46. The van der Waals surface area contributed by atoms with Crippen LogP contribution in [0.15, 0.2) is 6.20 Å². The summed E-state index contributed by atoms with van der Waals surface area (Å²) in [5.74, 6) is -3.37. The van der Waals surface area contributed by atoms with Gasteiger partial charge in [0, 0.05) is 25.6 Å². The highest BCUT2D eigenvalue weighted by molar-refractivity contribution is 8.13. The van der Waals surface area contributed by atoms with E-state index in [1.54, 1.807) is 13.8 Å². The molecule has 0 bridgehead atoms. The standard InChI is InChI=1S/C21H22ClF2N5O4S/c1-10(30)34-8-13-15-16(33-20(2,3)32-15)19(31-13)29-18-12(7-26-29)14(11(6-25)17(22)27-18)28-5-4-21(23,24)9-28/h7,13,15-16,19H,4-5,8-9H2,1-3H3/t13-,15-,16-,19-/m1/s1. The molecule has 0 aliphatic carbocycles. The zero-order valence-electron chi connectivity index (χ0n) is 18.6. The molecule has 4 atom stereocenters. The summed E-state index contributed by atoms with van der Waals surface area (Å²) in [6.45, 7) is 4.61. The summed E-state index contributed by atoms with van der Waals surface area (Å²) < 4.78 is 47.8. The quantitative estimate of drug-likeness (QED) is 0.568. The Labute approximate surface area is 203 Å². The van der Waals surface area contributed by atoms with Crippen LogP contribution in [0.25, 0.3) is 11.0 Å². The van der Waals surface area contributed by atoms with Crippen molar-refractivity contribution in [2.45, 2.75) is 63.4 Å². The summed E-state index contributed by atoms with van der Waals surface area (Å²) >= 11 is 7.46. The highest BCUT2D eigenvalue weighted by atomic mass is 35.5. The number of pyridine rings is 1. The molecule has 182 valence electrons. The summed E-state index contributed by atoms with van der Waals surface area (Å²) in [6.07, 6.45) is -1.05. The van der Waals surface area contributed by atoms with Gasteiger partial charge in [-0.15, -0.1) is 0 Å². The average molecular weight is 514 g/mol. The van der Waals surface area contributed by atoms with Crippen molar-refractivity contribution in [2.24, 2.45) is 0 Å². The van der Waals surface area contributed by atoms with Gasteiger partial charge in [-0.3, -0.25) is 4.79 Å². The van der Waals surface area contributed by atoms with Gasteiger partial charge < -0.3 is 19.1 Å². The zero-order valence-corrected chi connectivity index (χ0v) is 20.2. The van der Waals surface area contributed by atoms with Gasteiger partial charge >= 0.3 is 0 Å². The Morgan fingerprint density at radius 1 is 1.38 bits per heavy atom. The molecular formula is C21H22ClF2N5O4S. The molecule has 34 heavy (non-hydrogen) atoms. The Balaban J connectivity index is 1.57. The van der Waals surface area contributed by atoms with Gasteiger partial charge in [-0.25, -0.2) is 18.4 Å². The minimum Gasteiger partial charge on any atom is -0.363 e. The summed E-state index contributed by atoms with van der Waals surface area (Å²) in [7, 11) is 0. The zero-order chi connectivity index (χ0) is 24.4. The molecule has 0 aromatic carbocycles. The number of alkyl halides is 2. The lowest BCUT2D eigenvalue weighted by Crippen LogP contribution is -2.31. The molecule has 0 N–H and O–H groups in total. The van der Waals surface area contributed by atoms with Gasteiger partial charge in [0.2, 0.25) is 0 Å². The molecule has 9 nitrogen and oxygen atoms in total. The number of carbonyl (C=O) groups is 1. The third-order valence-corrected chi connectivity index (χ3v) is 7.26. The van der Waals surface area contributed by atoms with Gasteiger partial charge in [0.1, 0.15) is 23.8 Å². The number of nitrogens with zero attached hydrogens (tertiary/aromatic N) is 5. The Morgan fingerprint density at radius 3 is 2.76 bits per heavy atom. The van der Waals surface area contributed by atoms with E-state index in [4.69, 9.17) is 25.8 Å². The van der Waals surface area contributed by atoms with Crippen LogP contribution < -0.4 is 4.90 Å². The van der Waals surface area contributed by atoms with Crippen molar-refractivity contribution in [1.29, 1.82) is 5.26 Å². The van der Waals surface area contributed by atoms with Crippen molar-refractivity contribution < 1.29 is 27.8 Å². The Morgan fingerprint density at radius 2 is 2.12 bits per heavy atom. The number of nitriles is 1. The number of halogens is 3. The summed E-state index contributed by atoms with van der Waals surface area (Å²) in [6, 6.07) is 1.99. The van der Waals surface area contributed by atoms with Gasteiger partial charge in [-0.05, 0) is 13.8 Å². The van der Waals surface area contributed by atoms with E-state index in [-0.39, 0.29) is 40.1 Å². The fourth-order valence-corrected chi connectivity index (χ4v) is 5.62. The van der Waals surface area contributed by atoms with Crippen LogP contribution in [-0.2, 0) is 19.0 Å². The molecule has 3 fully saturated rings. The molecule has 13 heteroatoms. The fraction of sp³-hybridized carbons (Fsp3) is 0.619. The fourth-order valence-electron chi connectivity index (χ4n) is 4.75. The molecular weight excluding hydrogens is 492 g/mol. The lowest BCUT2D eigenvalue weighted by Gasteiger charge is -2.24. The van der Waals surface area contributed by atoms with Gasteiger partial charge in [0.05, 0.1) is 29.9 Å². The number of rotatable bonds is 4. The van der Waals surface area contributed by atoms with E-state index in [1.807, 2.05) is 6.07 Å². The molecule has 2 aromatic rings. The van der Waals surface area contributed by atoms with Crippen LogP contribution in [0, 0.1) is 11.3 Å². The van der Waals surface area contributed by atoms with Gasteiger partial charge in [-0.2, -0.15) is 10.4 Å². The summed E-state index contributed by atoms with van der Waals surface area (Å²) in [5.41, 5.74) is 0.586. The third-order valence-electron chi connectivity index (χ3n) is 6.09. The minimum absolute atomic E-state index is 0.0222. The van der Waals surface area contributed by atoms with Crippen LogP contribution in [0.2, 0.25) is 5.15 Å². The van der Waals surface area contributed by atoms with Crippen molar-refractivity contribution in [3.05, 3.63) is 16.9 Å². The topological polar surface area (TPSA) is 103 Å². The van der Waals surface area contributed by atoms with E-state index in [9.17, 15) is 18.8 Å². The van der Waals surface area contributed by atoms with Crippen LogP contribution in [0.4, 0.5) is 14.5 Å². The largest absolute Gasteiger partial charge is 0.363 e. The SMILES string of the molecule is CC(=O)SC[C@H]1O[C@@H](n2ncc3c(N4CCC(F)(F)C4)c(C#N)c(Cl)nc32)[C@@H]2OC(C)(C)O[C@@H]21. The number of fused-ring (bicyclic) bond motifs is 2. The van der Waals surface area contributed by atoms with E-state index in [0.717, 1.165) is 11.8 Å². The van der Waals surface area contributed by atoms with Crippen LogP contribution in [0.5, 0.6) is 0 Å². The number of hydrogen-bond acceptors (Lipinski definition) is 9. The molecule has 0 saturated carbocycles. The third kappa shape index (κ3) is 4.03. The Kier molecular flexibility index (Phi) is 5.76. The maximum Gasteiger partial charge on any atom is 0.266 e. The van der Waals surface area contributed by atoms with E-state index in [2.05, 4.69) is 10.1 Å². The van der Waals surface area contributed by atoms with Gasteiger partial charge in [0.15, 0.2) is 27.9 Å². The van der Waals surface area contributed by atoms with E-state index < -0.39 is 42.8 Å². The molecule has 2 aromatic heterocycles. The van der Waals surface area contributed by atoms with Gasteiger partial charge in [0.25, 0.3) is 5.92 Å². The predicted molar refractivity (Wildman–Crippen MR) is 120 cm³/mol. The molecule has 5 heterocycles. The smallest absolute Gasteiger partial charge is 0.266 e. The number of anilines is 1. The van der Waals surface area contributed by atoms with Gasteiger partial charge in [-0.1, -0.05) is 23.4 Å². The normalized spacial score (nSPS) is 29.5. The lowest BCUT2D eigenvalue weighted by molar-refractivity contribution is -0.195. The molecule has 3 aliphatic rings. The van der Waals surface area contributed by atoms with Crippen molar-refractivity contribution in [3.8, 4) is 6.07 Å². The first kappa shape index (κ1) is 23.7. The summed E-state index contributed by atoms with van der Waals surface area (Å²) in [5, 5.41) is 14.4. The average Bonchev–Trinajstić information content (AvgIpc) is 3.47. The molecule has 5 rings (SSSR count). The van der Waals surface area contributed by atoms with Crippen LogP contribution >= 0.6 is 23.4 Å². The van der Waals surface area contributed by atoms with Crippen molar-refractivity contribution in [2.75, 3.05) is 23.7 Å². The van der Waals surface area contributed by atoms with Crippen LogP contribution in [0.1, 0.15) is 39.0 Å². The van der Waals surface area contributed by atoms with E-state index in [0.29, 0.717) is 11.1 Å². The van der Waals surface area contributed by atoms with Crippen molar-refractivity contribution in [1.82, 2.24) is 14.8 Å². The first-order valence-electron chi connectivity index (χ1n) is 10.7. The first-order chi connectivity index (χ1) is 16.0. The lowest BCUT2D eigenvalue weighted by atomic mass is 10.1. The molecule has 0 amide bonds. The second kappa shape index (κ2) is 8.27. The maximum atomic E-state index is 14.0. The number of aromatic nitrogens is 3. The number of carbonyl (C=O) groups excluding carboxylic acids is 1. The minimum atomic E-state index is -2.87. The van der Waals surface area contributed by atoms with Crippen molar-refractivity contribution in [3.63, 3.8) is 0 Å². The highest BCUT2D eigenvalue weighted by Gasteiger charge is 2.56. The Hall–Kier alpha value is -2.04.